The summed E-state index contributed by atoms with van der Waals surface area (Å²) in [5.74, 6) is 0.0603. The van der Waals surface area contributed by atoms with Crippen LogP contribution in [-0.4, -0.2) is 28.2 Å². The Kier molecular flexibility index (Phi) is 8.86. The van der Waals surface area contributed by atoms with Crippen molar-refractivity contribution in [1.29, 1.82) is 0 Å². The predicted molar refractivity (Wildman–Crippen MR) is 145 cm³/mol. The molecule has 0 saturated carbocycles. The van der Waals surface area contributed by atoms with Gasteiger partial charge >= 0.3 is 0 Å². The summed E-state index contributed by atoms with van der Waals surface area (Å²) >= 11 is 5.90. The minimum absolute atomic E-state index is 0.0603. The van der Waals surface area contributed by atoms with Crippen LogP contribution in [0.4, 0.5) is 0 Å². The Labute approximate surface area is 219 Å². The molecule has 7 heteroatoms. The van der Waals surface area contributed by atoms with Gasteiger partial charge in [0.15, 0.2) is 0 Å². The summed E-state index contributed by atoms with van der Waals surface area (Å²) in [6.07, 6.45) is 3.16. The maximum absolute atomic E-state index is 12.8. The maximum Gasteiger partial charge on any atom is 0.240 e. The van der Waals surface area contributed by atoms with Crippen LogP contribution < -0.4 is 10.0 Å². The normalized spacial score (nSPS) is 16.8. The van der Waals surface area contributed by atoms with Gasteiger partial charge in [-0.15, -0.1) is 0 Å². The van der Waals surface area contributed by atoms with Crippen molar-refractivity contribution >= 4 is 21.6 Å². The summed E-state index contributed by atoms with van der Waals surface area (Å²) in [5, 5.41) is 4.18. The zero-order chi connectivity index (χ0) is 25.5. The summed E-state index contributed by atoms with van der Waals surface area (Å²) < 4.78 is 34.0. The molecular weight excluding hydrogens is 492 g/mol. The van der Waals surface area contributed by atoms with Gasteiger partial charge < -0.3 is 10.1 Å². The standard InChI is InChI=1S/C29H33ClN2O3S/c1-21(32-29-17-12-23-10-6-7-11-28(23)29)24(18-22-8-4-3-5-9-22)19-26(35-2)20-31-36(33,34)27-15-13-25(30)14-16-27/h3-11,13-16,24,26,29,31-32H,1,12,17-20H2,2H3/t24-,26+,29-/m1/s1. The van der Waals surface area contributed by atoms with Crippen molar-refractivity contribution in [2.24, 2.45) is 5.92 Å². The second-order valence-corrected chi connectivity index (χ2v) is 11.4. The molecule has 1 aliphatic carbocycles. The third kappa shape index (κ3) is 6.77. The van der Waals surface area contributed by atoms with E-state index in [-0.39, 0.29) is 29.5 Å². The molecule has 0 saturated heterocycles. The minimum atomic E-state index is -3.68. The van der Waals surface area contributed by atoms with Gasteiger partial charge in [0.05, 0.1) is 17.0 Å². The molecule has 0 aliphatic heterocycles. The van der Waals surface area contributed by atoms with Gasteiger partial charge in [0, 0.05) is 30.3 Å². The first-order chi connectivity index (χ1) is 17.4. The third-order valence-corrected chi connectivity index (χ3v) is 8.51. The minimum Gasteiger partial charge on any atom is -0.382 e. The van der Waals surface area contributed by atoms with Gasteiger partial charge in [0.1, 0.15) is 0 Å². The van der Waals surface area contributed by atoms with Crippen LogP contribution in [0, 0.1) is 5.92 Å². The first-order valence-electron chi connectivity index (χ1n) is 12.2. The number of hydrogen-bond donors (Lipinski definition) is 2. The Morgan fingerprint density at radius 3 is 2.47 bits per heavy atom. The van der Waals surface area contributed by atoms with Crippen LogP contribution in [0.25, 0.3) is 0 Å². The maximum atomic E-state index is 12.8. The lowest BCUT2D eigenvalue weighted by Gasteiger charge is -2.28. The van der Waals surface area contributed by atoms with Crippen molar-refractivity contribution in [3.63, 3.8) is 0 Å². The van der Waals surface area contributed by atoms with Crippen LogP contribution in [0.5, 0.6) is 0 Å². The molecule has 0 unspecified atom stereocenters. The van der Waals surface area contributed by atoms with Gasteiger partial charge in [0.25, 0.3) is 0 Å². The van der Waals surface area contributed by atoms with Crippen molar-refractivity contribution in [1.82, 2.24) is 10.0 Å². The second kappa shape index (κ2) is 12.1. The van der Waals surface area contributed by atoms with E-state index < -0.39 is 10.0 Å². The van der Waals surface area contributed by atoms with Crippen molar-refractivity contribution in [2.75, 3.05) is 13.7 Å². The monoisotopic (exact) mass is 524 g/mol. The molecule has 1 aliphatic rings. The SMILES string of the molecule is C=C(N[C@@H]1CCc2ccccc21)[C@H](Cc1ccccc1)C[C@@H](CNS(=O)(=O)c1ccc(Cl)cc1)OC. The quantitative estimate of drug-likeness (QED) is 0.320. The van der Waals surface area contributed by atoms with E-state index in [1.54, 1.807) is 19.2 Å². The molecular formula is C29H33ClN2O3S. The number of nitrogens with one attached hydrogen (secondary N) is 2. The summed E-state index contributed by atoms with van der Waals surface area (Å²) in [6.45, 7) is 4.58. The number of hydrogen-bond acceptors (Lipinski definition) is 4. The molecule has 0 amide bonds. The first-order valence-corrected chi connectivity index (χ1v) is 14.1. The highest BCUT2D eigenvalue weighted by atomic mass is 35.5. The molecule has 0 radical (unpaired) electrons. The number of sulfonamides is 1. The average Bonchev–Trinajstić information content (AvgIpc) is 3.29. The number of fused-ring (bicyclic) bond motifs is 1. The lowest BCUT2D eigenvalue weighted by molar-refractivity contribution is 0.0870. The van der Waals surface area contributed by atoms with E-state index in [2.05, 4.69) is 53.0 Å². The molecule has 5 nitrogen and oxygen atoms in total. The van der Waals surface area contributed by atoms with Gasteiger partial charge in [-0.2, -0.15) is 0 Å². The number of rotatable bonds is 12. The second-order valence-electron chi connectivity index (χ2n) is 9.25. The Morgan fingerprint density at radius 1 is 1.06 bits per heavy atom. The van der Waals surface area contributed by atoms with Gasteiger partial charge in [-0.1, -0.05) is 72.8 Å². The molecule has 36 heavy (non-hydrogen) atoms. The molecule has 190 valence electrons. The van der Waals surface area contributed by atoms with Crippen LogP contribution in [0.3, 0.4) is 0 Å². The van der Waals surface area contributed by atoms with Crippen molar-refractivity contribution in [2.45, 2.75) is 42.7 Å². The Balaban J connectivity index is 1.45. The van der Waals surface area contributed by atoms with Crippen LogP contribution in [-0.2, 0) is 27.6 Å². The van der Waals surface area contributed by atoms with Crippen molar-refractivity contribution in [3.05, 3.63) is 113 Å². The predicted octanol–water partition coefficient (Wildman–Crippen LogP) is 5.67. The molecule has 0 aromatic heterocycles. The van der Waals surface area contributed by atoms with Crippen LogP contribution in [0.1, 0.15) is 35.6 Å². The van der Waals surface area contributed by atoms with Crippen LogP contribution >= 0.6 is 11.6 Å². The average molecular weight is 525 g/mol. The van der Waals surface area contributed by atoms with E-state index >= 15 is 0 Å². The fourth-order valence-corrected chi connectivity index (χ4v) is 5.97. The highest BCUT2D eigenvalue weighted by Gasteiger charge is 2.26. The third-order valence-electron chi connectivity index (χ3n) is 6.82. The molecule has 4 rings (SSSR count). The fraction of sp³-hybridized carbons (Fsp3) is 0.310. The van der Waals surface area contributed by atoms with Gasteiger partial charge in [-0.25, -0.2) is 13.1 Å². The molecule has 3 atom stereocenters. The summed E-state index contributed by atoms with van der Waals surface area (Å²) in [7, 11) is -2.06. The highest BCUT2D eigenvalue weighted by Crippen LogP contribution is 2.33. The van der Waals surface area contributed by atoms with Crippen LogP contribution in [0.2, 0.25) is 5.02 Å². The Hall–Kier alpha value is -2.64. The van der Waals surface area contributed by atoms with E-state index in [4.69, 9.17) is 16.3 Å². The van der Waals surface area contributed by atoms with Gasteiger partial charge in [-0.05, 0) is 66.6 Å². The topological polar surface area (TPSA) is 67.4 Å². The number of ether oxygens (including phenoxy) is 1. The molecule has 2 N–H and O–H groups in total. The molecule has 3 aromatic rings. The zero-order valence-electron chi connectivity index (χ0n) is 20.5. The van der Waals surface area contributed by atoms with Crippen LogP contribution in [0.15, 0.2) is 96.0 Å². The summed E-state index contributed by atoms with van der Waals surface area (Å²) in [5.41, 5.74) is 4.86. The van der Waals surface area contributed by atoms with E-state index in [9.17, 15) is 8.42 Å². The van der Waals surface area contributed by atoms with Gasteiger partial charge in [-0.3, -0.25) is 0 Å². The van der Waals surface area contributed by atoms with E-state index in [0.29, 0.717) is 11.4 Å². The summed E-state index contributed by atoms with van der Waals surface area (Å²) in [4.78, 5) is 0.175. The summed E-state index contributed by atoms with van der Waals surface area (Å²) in [6, 6.07) is 25.2. The van der Waals surface area contributed by atoms with E-state index in [0.717, 1.165) is 25.0 Å². The number of benzene rings is 3. The Bertz CT molecular complexity index is 1260. The number of halogens is 1. The molecule has 0 spiro atoms. The van der Waals surface area contributed by atoms with Gasteiger partial charge in [0.2, 0.25) is 10.0 Å². The Morgan fingerprint density at radius 2 is 1.75 bits per heavy atom. The fourth-order valence-electron chi connectivity index (χ4n) is 4.78. The van der Waals surface area contributed by atoms with Crippen molar-refractivity contribution in [3.8, 4) is 0 Å². The molecule has 3 aromatic carbocycles. The molecule has 0 bridgehead atoms. The number of allylic oxidation sites excluding steroid dienone is 1. The zero-order valence-corrected chi connectivity index (χ0v) is 22.1. The van der Waals surface area contributed by atoms with E-state index in [1.807, 2.05) is 18.2 Å². The smallest absolute Gasteiger partial charge is 0.240 e. The number of aryl methyl sites for hydroxylation is 1. The van der Waals surface area contributed by atoms with E-state index in [1.165, 1.54) is 28.8 Å². The first kappa shape index (κ1) is 26.4. The lowest BCUT2D eigenvalue weighted by atomic mass is 9.90. The molecule has 0 heterocycles. The number of methoxy groups -OCH3 is 1. The molecule has 0 fully saturated rings. The van der Waals surface area contributed by atoms with Crippen molar-refractivity contribution < 1.29 is 13.2 Å². The largest absolute Gasteiger partial charge is 0.382 e. The highest BCUT2D eigenvalue weighted by molar-refractivity contribution is 7.89. The lowest BCUT2D eigenvalue weighted by Crippen LogP contribution is -2.36.